The number of methoxy groups -OCH3 is 2. The molecule has 152 valence electrons. The standard InChI is InChI=1S/C20H27N3O5/c1-13(15-8-7-14(27-2)11-16(15)28-3)21-17(24)12-23-18(25)20(22-19(23)26)9-5-4-6-10-20/h7-8,11,13H,4-6,9-10,12H2,1-3H3,(H,21,24)(H,22,26). The van der Waals surface area contributed by atoms with E-state index in [4.69, 9.17) is 9.47 Å². The third kappa shape index (κ3) is 3.76. The Balaban J connectivity index is 1.65. The summed E-state index contributed by atoms with van der Waals surface area (Å²) in [6.45, 7) is 1.52. The fraction of sp³-hybridized carbons (Fsp3) is 0.550. The summed E-state index contributed by atoms with van der Waals surface area (Å²) < 4.78 is 10.6. The number of benzene rings is 1. The minimum Gasteiger partial charge on any atom is -0.497 e. The number of imide groups is 1. The zero-order valence-electron chi connectivity index (χ0n) is 16.5. The maximum Gasteiger partial charge on any atom is 0.325 e. The number of urea groups is 1. The molecule has 1 saturated carbocycles. The van der Waals surface area contributed by atoms with Crippen LogP contribution in [0.1, 0.15) is 50.6 Å². The first kappa shape index (κ1) is 20.0. The van der Waals surface area contributed by atoms with Gasteiger partial charge in [-0.25, -0.2) is 4.79 Å². The van der Waals surface area contributed by atoms with Crippen molar-refractivity contribution in [2.45, 2.75) is 50.6 Å². The fourth-order valence-corrected chi connectivity index (χ4v) is 4.00. The molecule has 2 aliphatic rings. The van der Waals surface area contributed by atoms with Crippen LogP contribution in [-0.4, -0.2) is 49.0 Å². The number of hydrogen-bond donors (Lipinski definition) is 2. The normalized spacial score (nSPS) is 19.3. The van der Waals surface area contributed by atoms with Crippen molar-refractivity contribution in [3.05, 3.63) is 23.8 Å². The van der Waals surface area contributed by atoms with Crippen LogP contribution < -0.4 is 20.1 Å². The third-order valence-electron chi connectivity index (χ3n) is 5.54. The van der Waals surface area contributed by atoms with Crippen molar-refractivity contribution in [2.75, 3.05) is 20.8 Å². The monoisotopic (exact) mass is 389 g/mol. The van der Waals surface area contributed by atoms with E-state index in [2.05, 4.69) is 10.6 Å². The quantitative estimate of drug-likeness (QED) is 0.727. The first-order valence-electron chi connectivity index (χ1n) is 9.55. The molecule has 2 fully saturated rings. The SMILES string of the molecule is COc1ccc(C(C)NC(=O)CN2C(=O)NC3(CCCCC3)C2=O)c(OC)c1. The van der Waals surface area contributed by atoms with E-state index in [0.717, 1.165) is 29.7 Å². The summed E-state index contributed by atoms with van der Waals surface area (Å²) in [7, 11) is 3.11. The highest BCUT2D eigenvalue weighted by Crippen LogP contribution is 2.33. The highest BCUT2D eigenvalue weighted by Gasteiger charge is 2.51. The lowest BCUT2D eigenvalue weighted by atomic mass is 9.82. The van der Waals surface area contributed by atoms with Crippen LogP contribution in [0.5, 0.6) is 11.5 Å². The maximum absolute atomic E-state index is 12.8. The summed E-state index contributed by atoms with van der Waals surface area (Å²) in [4.78, 5) is 38.6. The van der Waals surface area contributed by atoms with Crippen molar-refractivity contribution < 1.29 is 23.9 Å². The minimum absolute atomic E-state index is 0.290. The average Bonchev–Trinajstić information content (AvgIpc) is 2.91. The van der Waals surface area contributed by atoms with Gasteiger partial charge in [-0.2, -0.15) is 0 Å². The number of rotatable bonds is 6. The van der Waals surface area contributed by atoms with Gasteiger partial charge in [-0.15, -0.1) is 0 Å². The molecule has 0 aromatic heterocycles. The Bertz CT molecular complexity index is 773. The van der Waals surface area contributed by atoms with Crippen molar-refractivity contribution in [1.29, 1.82) is 0 Å². The van der Waals surface area contributed by atoms with Gasteiger partial charge in [0.25, 0.3) is 5.91 Å². The zero-order chi connectivity index (χ0) is 20.3. The van der Waals surface area contributed by atoms with Gasteiger partial charge in [0.2, 0.25) is 5.91 Å². The molecular formula is C20H27N3O5. The number of carbonyl (C=O) groups is 3. The molecule has 3 rings (SSSR count). The summed E-state index contributed by atoms with van der Waals surface area (Å²) in [6.07, 6.45) is 4.14. The molecule has 8 heteroatoms. The molecule has 28 heavy (non-hydrogen) atoms. The van der Waals surface area contributed by atoms with E-state index in [9.17, 15) is 14.4 Å². The predicted octanol–water partition coefficient (Wildman–Crippen LogP) is 2.14. The van der Waals surface area contributed by atoms with Gasteiger partial charge in [0, 0.05) is 11.6 Å². The van der Waals surface area contributed by atoms with Crippen LogP contribution in [-0.2, 0) is 9.59 Å². The lowest BCUT2D eigenvalue weighted by Crippen LogP contribution is -2.49. The number of amides is 4. The summed E-state index contributed by atoms with van der Waals surface area (Å²) in [5.74, 6) is 0.545. The molecule has 1 aromatic rings. The molecule has 1 aliphatic carbocycles. The van der Waals surface area contributed by atoms with Gasteiger partial charge in [-0.3, -0.25) is 14.5 Å². The summed E-state index contributed by atoms with van der Waals surface area (Å²) in [5.41, 5.74) is -0.0435. The smallest absolute Gasteiger partial charge is 0.325 e. The molecular weight excluding hydrogens is 362 g/mol. The lowest BCUT2D eigenvalue weighted by molar-refractivity contribution is -0.136. The fourth-order valence-electron chi connectivity index (χ4n) is 4.00. The Morgan fingerprint density at radius 3 is 2.57 bits per heavy atom. The molecule has 4 amide bonds. The summed E-state index contributed by atoms with van der Waals surface area (Å²) >= 11 is 0. The van der Waals surface area contributed by atoms with Crippen LogP contribution >= 0.6 is 0 Å². The molecule has 1 aromatic carbocycles. The Kier molecular flexibility index (Phi) is 5.76. The molecule has 0 bridgehead atoms. The molecule has 1 atom stereocenters. The highest BCUT2D eigenvalue weighted by atomic mass is 16.5. The first-order chi connectivity index (χ1) is 13.4. The second kappa shape index (κ2) is 8.08. The molecule has 1 spiro atoms. The second-order valence-corrected chi connectivity index (χ2v) is 7.36. The second-order valence-electron chi connectivity index (χ2n) is 7.36. The minimum atomic E-state index is -0.819. The first-order valence-corrected chi connectivity index (χ1v) is 9.55. The Labute approximate surface area is 164 Å². The number of carbonyl (C=O) groups excluding carboxylic acids is 3. The van der Waals surface area contributed by atoms with Crippen molar-refractivity contribution in [2.24, 2.45) is 0 Å². The van der Waals surface area contributed by atoms with Crippen LogP contribution in [0, 0.1) is 0 Å². The Hall–Kier alpha value is -2.77. The molecule has 1 aliphatic heterocycles. The zero-order valence-corrected chi connectivity index (χ0v) is 16.5. The van der Waals surface area contributed by atoms with Crippen molar-refractivity contribution in [3.8, 4) is 11.5 Å². The molecule has 1 saturated heterocycles. The summed E-state index contributed by atoms with van der Waals surface area (Å²) in [6, 6.07) is 4.48. The molecule has 2 N–H and O–H groups in total. The largest absolute Gasteiger partial charge is 0.497 e. The van der Waals surface area contributed by atoms with Gasteiger partial charge in [0.1, 0.15) is 23.6 Å². The van der Waals surface area contributed by atoms with Crippen molar-refractivity contribution in [3.63, 3.8) is 0 Å². The van der Waals surface area contributed by atoms with E-state index in [1.54, 1.807) is 26.4 Å². The summed E-state index contributed by atoms with van der Waals surface area (Å²) in [5, 5.41) is 5.65. The van der Waals surface area contributed by atoms with Gasteiger partial charge >= 0.3 is 6.03 Å². The maximum atomic E-state index is 12.8. The van der Waals surface area contributed by atoms with Gasteiger partial charge < -0.3 is 20.1 Å². The average molecular weight is 389 g/mol. The van der Waals surface area contributed by atoms with Crippen LogP contribution in [0.25, 0.3) is 0 Å². The van der Waals surface area contributed by atoms with Crippen molar-refractivity contribution in [1.82, 2.24) is 15.5 Å². The van der Waals surface area contributed by atoms with E-state index >= 15 is 0 Å². The lowest BCUT2D eigenvalue weighted by Gasteiger charge is -2.30. The van der Waals surface area contributed by atoms with E-state index in [0.29, 0.717) is 24.3 Å². The Morgan fingerprint density at radius 1 is 1.21 bits per heavy atom. The van der Waals surface area contributed by atoms with Gasteiger partial charge in [0.15, 0.2) is 0 Å². The van der Waals surface area contributed by atoms with Crippen molar-refractivity contribution >= 4 is 17.8 Å². The van der Waals surface area contributed by atoms with E-state index < -0.39 is 17.5 Å². The van der Waals surface area contributed by atoms with Gasteiger partial charge in [-0.05, 0) is 31.9 Å². The highest BCUT2D eigenvalue weighted by molar-refractivity contribution is 6.09. The topological polar surface area (TPSA) is 97.0 Å². The van der Waals surface area contributed by atoms with E-state index in [1.807, 2.05) is 13.0 Å². The van der Waals surface area contributed by atoms with E-state index in [-0.39, 0.29) is 18.5 Å². The van der Waals surface area contributed by atoms with Gasteiger partial charge in [0.05, 0.1) is 20.3 Å². The van der Waals surface area contributed by atoms with Crippen LogP contribution in [0.3, 0.4) is 0 Å². The third-order valence-corrected chi connectivity index (χ3v) is 5.54. The van der Waals surface area contributed by atoms with Gasteiger partial charge in [-0.1, -0.05) is 19.3 Å². The van der Waals surface area contributed by atoms with Crippen LogP contribution in [0.4, 0.5) is 4.79 Å². The Morgan fingerprint density at radius 2 is 1.93 bits per heavy atom. The van der Waals surface area contributed by atoms with Crippen LogP contribution in [0.2, 0.25) is 0 Å². The molecule has 1 heterocycles. The predicted molar refractivity (Wildman–Crippen MR) is 102 cm³/mol. The molecule has 1 unspecified atom stereocenters. The number of hydrogen-bond acceptors (Lipinski definition) is 5. The number of nitrogens with zero attached hydrogens (tertiary/aromatic N) is 1. The van der Waals surface area contributed by atoms with E-state index in [1.165, 1.54) is 0 Å². The number of nitrogens with one attached hydrogen (secondary N) is 2. The molecule has 0 radical (unpaired) electrons. The molecule has 8 nitrogen and oxygen atoms in total. The number of ether oxygens (including phenoxy) is 2. The van der Waals surface area contributed by atoms with Crippen LogP contribution in [0.15, 0.2) is 18.2 Å².